The molecule has 0 aliphatic rings. The highest BCUT2D eigenvalue weighted by atomic mass is 19.1. The molecule has 0 bridgehead atoms. The Morgan fingerprint density at radius 2 is 1.11 bits per heavy atom. The van der Waals surface area contributed by atoms with E-state index in [0.717, 1.165) is 41.8 Å². The predicted molar refractivity (Wildman–Crippen MR) is 155 cm³/mol. The molecule has 0 aromatic heterocycles. The van der Waals surface area contributed by atoms with Crippen LogP contribution in [0.4, 0.5) is 4.39 Å². The van der Waals surface area contributed by atoms with Crippen molar-refractivity contribution in [2.75, 3.05) is 27.2 Å². The van der Waals surface area contributed by atoms with Gasteiger partial charge in [0.1, 0.15) is 18.2 Å². The SMILES string of the molecule is CC.CN(C)CCOc1ccc(C(=C(Cc2ccccc2)Cc2ccccc2)c2ccc(F)cc2)cc1. The van der Waals surface area contributed by atoms with Crippen LogP contribution in [0.2, 0.25) is 0 Å². The number of benzene rings is 4. The summed E-state index contributed by atoms with van der Waals surface area (Å²) >= 11 is 0. The van der Waals surface area contributed by atoms with Gasteiger partial charge >= 0.3 is 0 Å². The molecule has 0 atom stereocenters. The Labute approximate surface area is 222 Å². The molecule has 0 heterocycles. The summed E-state index contributed by atoms with van der Waals surface area (Å²) < 4.78 is 19.8. The molecule has 4 aromatic carbocycles. The molecule has 0 radical (unpaired) electrons. The Morgan fingerprint density at radius 3 is 1.57 bits per heavy atom. The number of likely N-dealkylation sites (N-methyl/N-ethyl adjacent to an activating group) is 1. The van der Waals surface area contributed by atoms with Gasteiger partial charge in [0.15, 0.2) is 0 Å². The Morgan fingerprint density at radius 1 is 0.649 bits per heavy atom. The van der Waals surface area contributed by atoms with Crippen molar-refractivity contribution in [1.82, 2.24) is 4.90 Å². The van der Waals surface area contributed by atoms with Crippen LogP contribution in [-0.4, -0.2) is 32.1 Å². The first kappa shape index (κ1) is 27.9. The molecular formula is C34H38FNO. The smallest absolute Gasteiger partial charge is 0.123 e. The molecule has 0 fully saturated rings. The van der Waals surface area contributed by atoms with E-state index in [1.165, 1.54) is 28.8 Å². The first-order chi connectivity index (χ1) is 18.1. The molecule has 37 heavy (non-hydrogen) atoms. The summed E-state index contributed by atoms with van der Waals surface area (Å²) in [5, 5.41) is 0. The molecule has 2 nitrogen and oxygen atoms in total. The summed E-state index contributed by atoms with van der Waals surface area (Å²) in [6.07, 6.45) is 1.62. The molecule has 192 valence electrons. The van der Waals surface area contributed by atoms with Gasteiger partial charge in [-0.3, -0.25) is 0 Å². The van der Waals surface area contributed by atoms with Gasteiger partial charge in [0.25, 0.3) is 0 Å². The highest BCUT2D eigenvalue weighted by Crippen LogP contribution is 2.32. The summed E-state index contributed by atoms with van der Waals surface area (Å²) in [5.74, 6) is 0.618. The van der Waals surface area contributed by atoms with Crippen LogP contribution in [0.25, 0.3) is 5.57 Å². The second kappa shape index (κ2) is 14.8. The van der Waals surface area contributed by atoms with E-state index >= 15 is 0 Å². The standard InChI is InChI=1S/C32H32FNO.C2H6/c1-34(2)21-22-35-31-19-15-28(16-20-31)32(27-13-17-30(33)18-14-27)29(23-25-9-5-3-6-10-25)24-26-11-7-4-8-12-26;1-2/h3-20H,21-24H2,1-2H3;1-2H3. The molecule has 0 unspecified atom stereocenters. The van der Waals surface area contributed by atoms with Gasteiger partial charge in [0, 0.05) is 6.54 Å². The normalized spacial score (nSPS) is 10.4. The van der Waals surface area contributed by atoms with Gasteiger partial charge in [0.05, 0.1) is 0 Å². The maximum absolute atomic E-state index is 13.8. The van der Waals surface area contributed by atoms with Crippen molar-refractivity contribution in [1.29, 1.82) is 0 Å². The third kappa shape index (κ3) is 8.73. The number of ether oxygens (including phenoxy) is 1. The minimum atomic E-state index is -0.231. The van der Waals surface area contributed by atoms with Gasteiger partial charge in [0.2, 0.25) is 0 Å². The van der Waals surface area contributed by atoms with E-state index in [0.29, 0.717) is 6.61 Å². The van der Waals surface area contributed by atoms with E-state index in [1.54, 1.807) is 0 Å². The van der Waals surface area contributed by atoms with Crippen molar-refractivity contribution in [3.8, 4) is 5.75 Å². The average Bonchev–Trinajstić information content (AvgIpc) is 2.93. The van der Waals surface area contributed by atoms with Crippen LogP contribution in [0.3, 0.4) is 0 Å². The summed E-state index contributed by atoms with van der Waals surface area (Å²) in [6.45, 7) is 5.50. The van der Waals surface area contributed by atoms with E-state index in [9.17, 15) is 4.39 Å². The zero-order valence-corrected chi connectivity index (χ0v) is 22.5. The zero-order chi connectivity index (χ0) is 26.5. The van der Waals surface area contributed by atoms with E-state index in [4.69, 9.17) is 4.74 Å². The van der Waals surface area contributed by atoms with Crippen molar-refractivity contribution in [2.24, 2.45) is 0 Å². The Bertz CT molecular complexity index is 1170. The predicted octanol–water partition coefficient (Wildman–Crippen LogP) is 8.08. The summed E-state index contributed by atoms with van der Waals surface area (Å²) in [7, 11) is 4.07. The minimum Gasteiger partial charge on any atom is -0.492 e. The fourth-order valence-corrected chi connectivity index (χ4v) is 4.18. The lowest BCUT2D eigenvalue weighted by Gasteiger charge is -2.18. The third-order valence-electron chi connectivity index (χ3n) is 5.96. The van der Waals surface area contributed by atoms with Crippen molar-refractivity contribution in [3.05, 3.63) is 143 Å². The molecule has 0 amide bonds. The fraction of sp³-hybridized carbons (Fsp3) is 0.235. The quantitative estimate of drug-likeness (QED) is 0.220. The van der Waals surface area contributed by atoms with Crippen LogP contribution >= 0.6 is 0 Å². The second-order valence-corrected chi connectivity index (χ2v) is 8.99. The Kier molecular flexibility index (Phi) is 11.1. The molecule has 0 N–H and O–H groups in total. The molecule has 0 aliphatic heterocycles. The van der Waals surface area contributed by atoms with E-state index in [-0.39, 0.29) is 5.82 Å². The van der Waals surface area contributed by atoms with Crippen LogP contribution in [-0.2, 0) is 12.8 Å². The number of halogens is 1. The van der Waals surface area contributed by atoms with Gasteiger partial charge in [-0.15, -0.1) is 0 Å². The van der Waals surface area contributed by atoms with Crippen molar-refractivity contribution in [3.63, 3.8) is 0 Å². The Hall–Kier alpha value is -3.69. The van der Waals surface area contributed by atoms with E-state index < -0.39 is 0 Å². The summed E-state index contributed by atoms with van der Waals surface area (Å²) in [6, 6.07) is 36.1. The highest BCUT2D eigenvalue weighted by Gasteiger charge is 2.14. The number of nitrogens with zero attached hydrogens (tertiary/aromatic N) is 1. The largest absolute Gasteiger partial charge is 0.492 e. The third-order valence-corrected chi connectivity index (χ3v) is 5.96. The van der Waals surface area contributed by atoms with Crippen molar-refractivity contribution >= 4 is 5.57 Å². The highest BCUT2D eigenvalue weighted by molar-refractivity contribution is 5.83. The maximum Gasteiger partial charge on any atom is 0.123 e. The van der Waals surface area contributed by atoms with Gasteiger partial charge < -0.3 is 9.64 Å². The molecule has 3 heteroatoms. The van der Waals surface area contributed by atoms with E-state index in [2.05, 4.69) is 65.6 Å². The van der Waals surface area contributed by atoms with Crippen LogP contribution < -0.4 is 4.74 Å². The van der Waals surface area contributed by atoms with Gasteiger partial charge in [-0.05, 0) is 79.0 Å². The van der Waals surface area contributed by atoms with Gasteiger partial charge in [-0.25, -0.2) is 4.39 Å². The van der Waals surface area contributed by atoms with Crippen LogP contribution in [0.1, 0.15) is 36.1 Å². The summed E-state index contributed by atoms with van der Waals surface area (Å²) in [5.41, 5.74) is 7.03. The lowest BCUT2D eigenvalue weighted by atomic mass is 9.86. The number of allylic oxidation sites excluding steroid dienone is 1. The fourth-order valence-electron chi connectivity index (χ4n) is 4.18. The van der Waals surface area contributed by atoms with Crippen LogP contribution in [0, 0.1) is 5.82 Å². The Balaban J connectivity index is 0.00000186. The van der Waals surface area contributed by atoms with Gasteiger partial charge in [-0.1, -0.05) is 104 Å². The minimum absolute atomic E-state index is 0.231. The topological polar surface area (TPSA) is 12.5 Å². The molecule has 0 saturated heterocycles. The number of hydrogen-bond donors (Lipinski definition) is 0. The van der Waals surface area contributed by atoms with Gasteiger partial charge in [-0.2, -0.15) is 0 Å². The zero-order valence-electron chi connectivity index (χ0n) is 22.5. The van der Waals surface area contributed by atoms with Crippen molar-refractivity contribution in [2.45, 2.75) is 26.7 Å². The molecular weight excluding hydrogens is 457 g/mol. The molecule has 0 saturated carbocycles. The van der Waals surface area contributed by atoms with Crippen LogP contribution in [0.5, 0.6) is 5.75 Å². The number of hydrogen-bond acceptors (Lipinski definition) is 2. The number of rotatable bonds is 10. The van der Waals surface area contributed by atoms with Crippen LogP contribution in [0.15, 0.2) is 115 Å². The van der Waals surface area contributed by atoms with E-state index in [1.807, 2.05) is 64.3 Å². The lowest BCUT2D eigenvalue weighted by molar-refractivity contribution is 0.261. The first-order valence-corrected chi connectivity index (χ1v) is 13.0. The van der Waals surface area contributed by atoms with Crippen molar-refractivity contribution < 1.29 is 9.13 Å². The molecule has 4 aromatic rings. The molecule has 0 spiro atoms. The summed E-state index contributed by atoms with van der Waals surface area (Å²) in [4.78, 5) is 2.10. The lowest BCUT2D eigenvalue weighted by Crippen LogP contribution is -2.19. The average molecular weight is 496 g/mol. The molecule has 4 rings (SSSR count). The first-order valence-electron chi connectivity index (χ1n) is 13.0. The monoisotopic (exact) mass is 495 g/mol. The second-order valence-electron chi connectivity index (χ2n) is 8.99. The molecule has 0 aliphatic carbocycles. The maximum atomic E-state index is 13.8.